The Morgan fingerprint density at radius 1 is 0.542 bits per heavy atom. The van der Waals surface area contributed by atoms with Gasteiger partial charge in [-0.3, -0.25) is 19.2 Å². The highest BCUT2D eigenvalue weighted by Gasteiger charge is 2.50. The normalized spacial score (nSPS) is 42.7. The Labute approximate surface area is 140 Å². The number of cyclic esters (lactones) is 4. The lowest BCUT2D eigenvalue weighted by atomic mass is 9.66. The first kappa shape index (κ1) is 15.8. The third kappa shape index (κ3) is 2.56. The van der Waals surface area contributed by atoms with Crippen LogP contribution in [0.25, 0.3) is 0 Å². The van der Waals surface area contributed by atoms with E-state index < -0.39 is 0 Å². The molecule has 24 heavy (non-hydrogen) atoms. The maximum Gasteiger partial charge on any atom is 0.317 e. The summed E-state index contributed by atoms with van der Waals surface area (Å²) in [6.07, 6.45) is 6.61. The summed E-state index contributed by atoms with van der Waals surface area (Å²) in [5.74, 6) is -2.05. The van der Waals surface area contributed by atoms with Crippen molar-refractivity contribution in [1.82, 2.24) is 0 Å². The first-order chi connectivity index (χ1) is 11.5. The lowest BCUT2D eigenvalue weighted by molar-refractivity contribution is -0.155. The van der Waals surface area contributed by atoms with Crippen molar-refractivity contribution in [2.45, 2.75) is 51.4 Å². The van der Waals surface area contributed by atoms with Crippen molar-refractivity contribution in [3.8, 4) is 0 Å². The molecule has 2 aliphatic carbocycles. The van der Waals surface area contributed by atoms with Crippen LogP contribution in [0.5, 0.6) is 0 Å². The predicted molar refractivity (Wildman–Crippen MR) is 80.1 cm³/mol. The molecule has 0 aromatic rings. The van der Waals surface area contributed by atoms with E-state index in [-0.39, 0.29) is 47.5 Å². The van der Waals surface area contributed by atoms with Crippen LogP contribution in [-0.4, -0.2) is 23.9 Å². The van der Waals surface area contributed by atoms with Gasteiger partial charge in [-0.15, -0.1) is 0 Å². The Bertz CT molecular complexity index is 596. The summed E-state index contributed by atoms with van der Waals surface area (Å²) in [5.41, 5.74) is 0. The van der Waals surface area contributed by atoms with Gasteiger partial charge in [0.05, 0.1) is 23.7 Å². The minimum Gasteiger partial charge on any atom is -0.393 e. The van der Waals surface area contributed by atoms with Crippen molar-refractivity contribution in [2.24, 2.45) is 35.5 Å². The van der Waals surface area contributed by atoms with E-state index in [2.05, 4.69) is 0 Å². The molecule has 0 aromatic carbocycles. The van der Waals surface area contributed by atoms with Gasteiger partial charge in [-0.1, -0.05) is 19.3 Å². The number of hydrogen-bond acceptors (Lipinski definition) is 6. The molecule has 4 aliphatic rings. The maximum atomic E-state index is 12.0. The van der Waals surface area contributed by atoms with Crippen molar-refractivity contribution in [2.75, 3.05) is 0 Å². The number of rotatable bonds is 1. The summed E-state index contributed by atoms with van der Waals surface area (Å²) < 4.78 is 9.65. The average Bonchev–Trinajstić information content (AvgIpc) is 2.95. The quantitative estimate of drug-likeness (QED) is 0.538. The molecular formula is C18H22O6. The average molecular weight is 334 g/mol. The Balaban J connectivity index is 1.49. The van der Waals surface area contributed by atoms with E-state index in [1.54, 1.807) is 0 Å². The van der Waals surface area contributed by atoms with Crippen LogP contribution in [0.4, 0.5) is 0 Å². The third-order valence-electron chi connectivity index (χ3n) is 6.55. The van der Waals surface area contributed by atoms with E-state index in [1.807, 2.05) is 0 Å². The van der Waals surface area contributed by atoms with Gasteiger partial charge in [0.1, 0.15) is 0 Å². The van der Waals surface area contributed by atoms with E-state index in [0.717, 1.165) is 32.1 Å². The zero-order chi connectivity index (χ0) is 16.8. The molecule has 2 aliphatic heterocycles. The molecule has 2 heterocycles. The molecule has 2 saturated heterocycles. The Kier molecular flexibility index (Phi) is 3.93. The molecule has 0 radical (unpaired) electrons. The number of fused-ring (bicyclic) bond motifs is 2. The van der Waals surface area contributed by atoms with Gasteiger partial charge in [0.25, 0.3) is 0 Å². The fourth-order valence-corrected chi connectivity index (χ4v) is 5.23. The van der Waals surface area contributed by atoms with Crippen molar-refractivity contribution in [1.29, 1.82) is 0 Å². The minimum absolute atomic E-state index is 0.270. The molecule has 4 rings (SSSR count). The fraction of sp³-hybridized carbons (Fsp3) is 0.778. The van der Waals surface area contributed by atoms with Crippen molar-refractivity contribution in [3.05, 3.63) is 0 Å². The number of carbonyl (C=O) groups excluding carboxylic acids is 4. The van der Waals surface area contributed by atoms with Gasteiger partial charge >= 0.3 is 23.9 Å². The molecule has 0 amide bonds. The SMILES string of the molecule is O=C1OC(=O)C2CC(C3CCC4C(=O)OC(=O)C4C3)CCCCC12. The van der Waals surface area contributed by atoms with E-state index in [1.165, 1.54) is 0 Å². The lowest BCUT2D eigenvalue weighted by Crippen LogP contribution is -2.33. The van der Waals surface area contributed by atoms with Gasteiger partial charge in [-0.05, 0) is 43.9 Å². The van der Waals surface area contributed by atoms with Crippen molar-refractivity contribution >= 4 is 23.9 Å². The predicted octanol–water partition coefficient (Wildman–Crippen LogP) is 2.00. The molecule has 0 bridgehead atoms. The largest absolute Gasteiger partial charge is 0.393 e. The van der Waals surface area contributed by atoms with Crippen LogP contribution in [0.1, 0.15) is 51.4 Å². The maximum absolute atomic E-state index is 12.0. The second-order valence-corrected chi connectivity index (χ2v) is 7.76. The second kappa shape index (κ2) is 5.97. The van der Waals surface area contributed by atoms with Crippen LogP contribution in [0.2, 0.25) is 0 Å². The summed E-state index contributed by atoms with van der Waals surface area (Å²) >= 11 is 0. The van der Waals surface area contributed by atoms with Crippen LogP contribution < -0.4 is 0 Å². The highest BCUT2D eigenvalue weighted by molar-refractivity contribution is 5.97. The van der Waals surface area contributed by atoms with Crippen LogP contribution in [0, 0.1) is 35.5 Å². The zero-order valence-electron chi connectivity index (χ0n) is 13.6. The van der Waals surface area contributed by atoms with Crippen LogP contribution in [0.15, 0.2) is 0 Å². The van der Waals surface area contributed by atoms with Crippen LogP contribution in [0.3, 0.4) is 0 Å². The molecule has 2 saturated carbocycles. The first-order valence-corrected chi connectivity index (χ1v) is 9.05. The molecule has 6 unspecified atom stereocenters. The molecule has 0 N–H and O–H groups in total. The molecular weight excluding hydrogens is 312 g/mol. The van der Waals surface area contributed by atoms with E-state index >= 15 is 0 Å². The summed E-state index contributed by atoms with van der Waals surface area (Å²) in [7, 11) is 0. The molecule has 130 valence electrons. The molecule has 0 aromatic heterocycles. The van der Waals surface area contributed by atoms with E-state index in [0.29, 0.717) is 31.1 Å². The van der Waals surface area contributed by atoms with Crippen molar-refractivity contribution < 1.29 is 28.7 Å². The molecule has 6 heteroatoms. The van der Waals surface area contributed by atoms with Gasteiger partial charge in [-0.25, -0.2) is 0 Å². The Morgan fingerprint density at radius 2 is 1.00 bits per heavy atom. The van der Waals surface area contributed by atoms with Gasteiger partial charge in [0.2, 0.25) is 0 Å². The smallest absolute Gasteiger partial charge is 0.317 e. The minimum atomic E-state index is -0.381. The van der Waals surface area contributed by atoms with Crippen LogP contribution >= 0.6 is 0 Å². The van der Waals surface area contributed by atoms with Crippen molar-refractivity contribution in [3.63, 3.8) is 0 Å². The Hall–Kier alpha value is -1.72. The highest BCUT2D eigenvalue weighted by Crippen LogP contribution is 2.47. The van der Waals surface area contributed by atoms with Crippen LogP contribution in [-0.2, 0) is 28.7 Å². The van der Waals surface area contributed by atoms with Gasteiger partial charge < -0.3 is 9.47 Å². The summed E-state index contributed by atoms with van der Waals surface area (Å²) in [5, 5.41) is 0. The standard InChI is InChI=1S/C18H22O6/c19-15-11-4-2-1-3-9(7-13(11)17(21)23-15)10-5-6-12-14(8-10)18(22)24-16(12)20/h9-14H,1-8H2. The lowest BCUT2D eigenvalue weighted by Gasteiger charge is -2.36. The zero-order valence-corrected chi connectivity index (χ0v) is 13.6. The summed E-state index contributed by atoms with van der Waals surface area (Å²) in [6.45, 7) is 0. The molecule has 6 atom stereocenters. The monoisotopic (exact) mass is 334 g/mol. The number of ether oxygens (including phenoxy) is 2. The number of hydrogen-bond donors (Lipinski definition) is 0. The van der Waals surface area contributed by atoms with Gasteiger partial charge in [0.15, 0.2) is 0 Å². The summed E-state index contributed by atoms with van der Waals surface area (Å²) in [4.78, 5) is 47.5. The topological polar surface area (TPSA) is 86.7 Å². The van der Waals surface area contributed by atoms with Gasteiger partial charge in [0, 0.05) is 0 Å². The van der Waals surface area contributed by atoms with E-state index in [9.17, 15) is 19.2 Å². The molecule has 0 spiro atoms. The first-order valence-electron chi connectivity index (χ1n) is 9.05. The Morgan fingerprint density at radius 3 is 1.62 bits per heavy atom. The number of carbonyl (C=O) groups is 4. The third-order valence-corrected chi connectivity index (χ3v) is 6.55. The number of esters is 4. The summed E-state index contributed by atoms with van der Waals surface area (Å²) in [6, 6.07) is 0. The molecule has 4 fully saturated rings. The molecule has 6 nitrogen and oxygen atoms in total. The highest BCUT2D eigenvalue weighted by atomic mass is 16.6. The second-order valence-electron chi connectivity index (χ2n) is 7.76. The fourth-order valence-electron chi connectivity index (χ4n) is 5.23. The van der Waals surface area contributed by atoms with Gasteiger partial charge in [-0.2, -0.15) is 0 Å². The van der Waals surface area contributed by atoms with E-state index in [4.69, 9.17) is 9.47 Å².